The third-order valence-electron chi connectivity index (χ3n) is 4.36. The van der Waals surface area contributed by atoms with Crippen molar-refractivity contribution in [3.63, 3.8) is 0 Å². The number of nitrogens with one attached hydrogen (secondary N) is 1. The van der Waals surface area contributed by atoms with Crippen molar-refractivity contribution in [2.24, 2.45) is 7.05 Å². The third-order valence-corrected chi connectivity index (χ3v) is 4.36. The van der Waals surface area contributed by atoms with Crippen LogP contribution < -0.4 is 5.32 Å². The Hall–Kier alpha value is -3.61. The number of anilines is 1. The highest BCUT2D eigenvalue weighted by Gasteiger charge is 2.09. The number of rotatable bonds is 6. The van der Waals surface area contributed by atoms with Crippen LogP contribution in [0.3, 0.4) is 0 Å². The van der Waals surface area contributed by atoms with Crippen molar-refractivity contribution in [2.75, 3.05) is 11.9 Å². The first-order valence-corrected chi connectivity index (χ1v) is 9.13. The minimum Gasteiger partial charge on any atom is -0.354 e. The summed E-state index contributed by atoms with van der Waals surface area (Å²) in [5.41, 5.74) is 4.88. The Balaban J connectivity index is 1.43. The maximum absolute atomic E-state index is 4.65. The van der Waals surface area contributed by atoms with Crippen molar-refractivity contribution in [1.82, 2.24) is 29.7 Å². The van der Waals surface area contributed by atoms with Gasteiger partial charge in [-0.05, 0) is 18.6 Å². The molecule has 0 aliphatic rings. The molecule has 7 nitrogen and oxygen atoms in total. The average Bonchev–Trinajstić information content (AvgIpc) is 3.16. The van der Waals surface area contributed by atoms with E-state index in [0.29, 0.717) is 18.9 Å². The van der Waals surface area contributed by atoms with Crippen molar-refractivity contribution in [1.29, 1.82) is 0 Å². The van der Waals surface area contributed by atoms with E-state index in [1.165, 1.54) is 0 Å². The van der Waals surface area contributed by atoms with Gasteiger partial charge in [-0.25, -0.2) is 19.9 Å². The summed E-state index contributed by atoms with van der Waals surface area (Å²) in [6.07, 6.45) is 8.06. The fourth-order valence-electron chi connectivity index (χ4n) is 2.94. The largest absolute Gasteiger partial charge is 0.354 e. The molecule has 0 fully saturated rings. The number of benzene rings is 1. The number of aryl methyl sites for hydroxylation is 2. The predicted octanol–water partition coefficient (Wildman–Crippen LogP) is 3.30. The number of hydrogen-bond acceptors (Lipinski definition) is 6. The van der Waals surface area contributed by atoms with Crippen LogP contribution in [0.2, 0.25) is 0 Å². The van der Waals surface area contributed by atoms with Gasteiger partial charge in [-0.2, -0.15) is 5.10 Å². The van der Waals surface area contributed by atoms with Gasteiger partial charge < -0.3 is 5.32 Å². The van der Waals surface area contributed by atoms with Crippen LogP contribution in [0.5, 0.6) is 0 Å². The van der Waals surface area contributed by atoms with Gasteiger partial charge in [0.2, 0.25) is 5.95 Å². The van der Waals surface area contributed by atoms with E-state index in [9.17, 15) is 0 Å². The zero-order valence-electron chi connectivity index (χ0n) is 15.9. The summed E-state index contributed by atoms with van der Waals surface area (Å²) >= 11 is 0. The summed E-state index contributed by atoms with van der Waals surface area (Å²) in [6.45, 7) is 2.64. The molecular formula is C21H21N7. The van der Waals surface area contributed by atoms with Gasteiger partial charge in [0.25, 0.3) is 0 Å². The standard InChI is InChI=1S/C21H21N7/c1-15-12-24-21(27-20(15)17-13-25-28(2)14-17)23-11-9-19-22-10-8-18(26-19)16-6-4-3-5-7-16/h3-8,10,12-14H,9,11H2,1-2H3,(H,23,24,27). The minimum absolute atomic E-state index is 0.587. The molecule has 0 amide bonds. The third kappa shape index (κ3) is 4.03. The normalized spacial score (nSPS) is 10.8. The topological polar surface area (TPSA) is 81.4 Å². The molecule has 0 radical (unpaired) electrons. The summed E-state index contributed by atoms with van der Waals surface area (Å²) in [5.74, 6) is 1.37. The maximum Gasteiger partial charge on any atom is 0.223 e. The fourth-order valence-corrected chi connectivity index (χ4v) is 2.94. The molecule has 4 aromatic rings. The highest BCUT2D eigenvalue weighted by atomic mass is 15.2. The molecule has 0 saturated heterocycles. The van der Waals surface area contributed by atoms with E-state index < -0.39 is 0 Å². The predicted molar refractivity (Wildman–Crippen MR) is 109 cm³/mol. The Labute approximate surface area is 163 Å². The number of nitrogens with zero attached hydrogens (tertiary/aromatic N) is 6. The molecule has 0 unspecified atom stereocenters. The van der Waals surface area contributed by atoms with E-state index >= 15 is 0 Å². The van der Waals surface area contributed by atoms with Gasteiger partial charge in [0.1, 0.15) is 5.82 Å². The van der Waals surface area contributed by atoms with Gasteiger partial charge in [0, 0.05) is 49.7 Å². The van der Waals surface area contributed by atoms with Gasteiger partial charge in [0.15, 0.2) is 0 Å². The van der Waals surface area contributed by atoms with Crippen molar-refractivity contribution < 1.29 is 0 Å². The van der Waals surface area contributed by atoms with Crippen LogP contribution in [0.25, 0.3) is 22.5 Å². The molecule has 1 N–H and O–H groups in total. The SMILES string of the molecule is Cc1cnc(NCCc2nccc(-c3ccccc3)n2)nc1-c1cnn(C)c1. The fraction of sp³-hybridized carbons (Fsp3) is 0.190. The Morgan fingerprint density at radius 2 is 1.82 bits per heavy atom. The van der Waals surface area contributed by atoms with E-state index in [0.717, 1.165) is 33.9 Å². The first-order chi connectivity index (χ1) is 13.7. The van der Waals surface area contributed by atoms with E-state index in [4.69, 9.17) is 0 Å². The average molecular weight is 371 g/mol. The van der Waals surface area contributed by atoms with Crippen LogP contribution in [-0.4, -0.2) is 36.3 Å². The molecule has 3 heterocycles. The lowest BCUT2D eigenvalue weighted by Gasteiger charge is -2.08. The Morgan fingerprint density at radius 1 is 0.964 bits per heavy atom. The lowest BCUT2D eigenvalue weighted by atomic mass is 10.1. The summed E-state index contributed by atoms with van der Waals surface area (Å²) in [4.78, 5) is 18.0. The van der Waals surface area contributed by atoms with Crippen molar-refractivity contribution in [2.45, 2.75) is 13.3 Å². The van der Waals surface area contributed by atoms with Crippen LogP contribution in [0.15, 0.2) is 61.2 Å². The molecule has 0 aliphatic heterocycles. The summed E-state index contributed by atoms with van der Waals surface area (Å²) in [7, 11) is 1.89. The highest BCUT2D eigenvalue weighted by molar-refractivity contribution is 5.62. The minimum atomic E-state index is 0.587. The van der Waals surface area contributed by atoms with Crippen molar-refractivity contribution >= 4 is 5.95 Å². The molecule has 0 aliphatic carbocycles. The molecule has 0 spiro atoms. The molecule has 0 atom stereocenters. The lowest BCUT2D eigenvalue weighted by molar-refractivity contribution is 0.768. The molecule has 1 aromatic carbocycles. The molecular weight excluding hydrogens is 350 g/mol. The zero-order valence-corrected chi connectivity index (χ0v) is 15.9. The van der Waals surface area contributed by atoms with Crippen LogP contribution >= 0.6 is 0 Å². The van der Waals surface area contributed by atoms with E-state index in [1.54, 1.807) is 10.9 Å². The molecule has 140 valence electrons. The summed E-state index contributed by atoms with van der Waals surface area (Å²) in [5, 5.41) is 7.49. The summed E-state index contributed by atoms with van der Waals surface area (Å²) in [6, 6.07) is 12.0. The van der Waals surface area contributed by atoms with Crippen LogP contribution in [0.1, 0.15) is 11.4 Å². The first kappa shape index (κ1) is 17.8. The first-order valence-electron chi connectivity index (χ1n) is 9.13. The number of aromatic nitrogens is 6. The maximum atomic E-state index is 4.65. The molecule has 3 aromatic heterocycles. The van der Waals surface area contributed by atoms with E-state index in [-0.39, 0.29) is 0 Å². The second kappa shape index (κ2) is 7.96. The second-order valence-electron chi connectivity index (χ2n) is 6.53. The van der Waals surface area contributed by atoms with Crippen molar-refractivity contribution in [3.8, 4) is 22.5 Å². The van der Waals surface area contributed by atoms with Crippen LogP contribution in [0, 0.1) is 6.92 Å². The quantitative estimate of drug-likeness (QED) is 0.560. The monoisotopic (exact) mass is 371 g/mol. The van der Waals surface area contributed by atoms with Gasteiger partial charge in [0.05, 0.1) is 17.6 Å². The van der Waals surface area contributed by atoms with Gasteiger partial charge >= 0.3 is 0 Å². The molecule has 0 bridgehead atoms. The molecule has 7 heteroatoms. The smallest absolute Gasteiger partial charge is 0.223 e. The zero-order chi connectivity index (χ0) is 19.3. The van der Waals surface area contributed by atoms with E-state index in [1.807, 2.05) is 69.0 Å². The Bertz CT molecular complexity index is 1070. The Kier molecular flexibility index (Phi) is 5.05. The molecule has 4 rings (SSSR count). The summed E-state index contributed by atoms with van der Waals surface area (Å²) < 4.78 is 1.76. The lowest BCUT2D eigenvalue weighted by Crippen LogP contribution is -2.10. The highest BCUT2D eigenvalue weighted by Crippen LogP contribution is 2.21. The Morgan fingerprint density at radius 3 is 2.61 bits per heavy atom. The van der Waals surface area contributed by atoms with Crippen LogP contribution in [-0.2, 0) is 13.5 Å². The molecule has 28 heavy (non-hydrogen) atoms. The second-order valence-corrected chi connectivity index (χ2v) is 6.53. The van der Waals surface area contributed by atoms with Crippen molar-refractivity contribution in [3.05, 3.63) is 72.6 Å². The molecule has 0 saturated carbocycles. The van der Waals surface area contributed by atoms with Gasteiger partial charge in [-0.15, -0.1) is 0 Å². The van der Waals surface area contributed by atoms with Crippen LogP contribution in [0.4, 0.5) is 5.95 Å². The van der Waals surface area contributed by atoms with E-state index in [2.05, 4.69) is 30.4 Å². The number of hydrogen-bond donors (Lipinski definition) is 1. The van der Waals surface area contributed by atoms with Gasteiger partial charge in [-0.1, -0.05) is 30.3 Å². The van der Waals surface area contributed by atoms with Gasteiger partial charge in [-0.3, -0.25) is 4.68 Å².